The van der Waals surface area contributed by atoms with Crippen LogP contribution in [0.25, 0.3) is 0 Å². The van der Waals surface area contributed by atoms with E-state index in [-0.39, 0.29) is 18.3 Å². The molecule has 0 radical (unpaired) electrons. The molecule has 102 valence electrons. The number of hydrogen-bond donors (Lipinski definition) is 0. The minimum atomic E-state index is -0.284. The summed E-state index contributed by atoms with van der Waals surface area (Å²) in [7, 11) is -0.274. The molecular weight excluding hydrogens is 235 g/mol. The molecule has 2 rings (SSSR count). The van der Waals surface area contributed by atoms with Crippen molar-refractivity contribution in [3.8, 4) is 0 Å². The van der Waals surface area contributed by atoms with Crippen LogP contribution in [0.4, 0.5) is 0 Å². The molecule has 1 heterocycles. The Balaban J connectivity index is 2.14. The van der Waals surface area contributed by atoms with Gasteiger partial charge in [-0.05, 0) is 52.1 Å². The van der Waals surface area contributed by atoms with E-state index >= 15 is 0 Å². The van der Waals surface area contributed by atoms with Gasteiger partial charge in [0, 0.05) is 0 Å². The largest absolute Gasteiger partial charge is 0.494 e. The van der Waals surface area contributed by atoms with Gasteiger partial charge >= 0.3 is 7.12 Å². The van der Waals surface area contributed by atoms with Crippen molar-refractivity contribution >= 4 is 12.6 Å². The van der Waals surface area contributed by atoms with E-state index in [1.807, 2.05) is 6.92 Å². The molecule has 0 bridgehead atoms. The van der Waals surface area contributed by atoms with Gasteiger partial charge in [-0.15, -0.1) is 0 Å². The molecule has 1 saturated heterocycles. The second-order valence-corrected chi connectivity index (χ2v) is 6.46. The fourth-order valence-electron chi connectivity index (χ4n) is 2.12. The van der Waals surface area contributed by atoms with Gasteiger partial charge in [0.25, 0.3) is 0 Å². The van der Waals surface area contributed by atoms with E-state index in [2.05, 4.69) is 58.5 Å². The highest BCUT2D eigenvalue weighted by molar-refractivity contribution is 6.62. The summed E-state index contributed by atoms with van der Waals surface area (Å²) in [5.74, 6) is 0. The molecule has 0 unspecified atom stereocenters. The summed E-state index contributed by atoms with van der Waals surface area (Å²) in [6, 6.07) is 8.41. The fourth-order valence-corrected chi connectivity index (χ4v) is 2.12. The first-order valence-corrected chi connectivity index (χ1v) is 6.80. The van der Waals surface area contributed by atoms with Crippen LogP contribution in [0.15, 0.2) is 36.4 Å². The lowest BCUT2D eigenvalue weighted by molar-refractivity contribution is 0.00578. The van der Waals surface area contributed by atoms with Gasteiger partial charge in [0.15, 0.2) is 0 Å². The normalized spacial score (nSPS) is 20.6. The third-order valence-corrected chi connectivity index (χ3v) is 4.01. The average molecular weight is 258 g/mol. The summed E-state index contributed by atoms with van der Waals surface area (Å²) < 4.78 is 12.1. The lowest BCUT2D eigenvalue weighted by Crippen LogP contribution is -2.41. The first-order valence-electron chi connectivity index (χ1n) is 6.80. The monoisotopic (exact) mass is 258 g/mol. The summed E-state index contributed by atoms with van der Waals surface area (Å²) in [6.07, 6.45) is 0.920. The van der Waals surface area contributed by atoms with Crippen LogP contribution in [0.5, 0.6) is 0 Å². The highest BCUT2D eigenvalue weighted by Gasteiger charge is 2.51. The van der Waals surface area contributed by atoms with Crippen molar-refractivity contribution in [2.24, 2.45) is 0 Å². The van der Waals surface area contributed by atoms with Gasteiger partial charge in [0.2, 0.25) is 0 Å². The summed E-state index contributed by atoms with van der Waals surface area (Å²) in [5.41, 5.74) is 2.95. The molecule has 0 atom stereocenters. The second kappa shape index (κ2) is 4.80. The molecule has 0 amide bonds. The molecule has 1 aromatic rings. The van der Waals surface area contributed by atoms with Crippen molar-refractivity contribution < 1.29 is 9.31 Å². The van der Waals surface area contributed by atoms with Crippen molar-refractivity contribution in [1.82, 2.24) is 0 Å². The minimum absolute atomic E-state index is 0.274. The van der Waals surface area contributed by atoms with Crippen LogP contribution in [0.1, 0.15) is 40.2 Å². The molecule has 0 aliphatic carbocycles. The molecular formula is C16H23BO2. The Morgan fingerprint density at radius 3 is 1.95 bits per heavy atom. The quantitative estimate of drug-likeness (QED) is 0.612. The zero-order valence-electron chi connectivity index (χ0n) is 12.6. The van der Waals surface area contributed by atoms with Crippen LogP contribution in [-0.2, 0) is 15.7 Å². The second-order valence-electron chi connectivity index (χ2n) is 6.46. The third kappa shape index (κ3) is 2.93. The minimum Gasteiger partial charge on any atom is -0.399 e. The van der Waals surface area contributed by atoms with Crippen molar-refractivity contribution in [1.29, 1.82) is 0 Å². The van der Waals surface area contributed by atoms with Gasteiger partial charge in [-0.25, -0.2) is 0 Å². The highest BCUT2D eigenvalue weighted by Crippen LogP contribution is 2.36. The Hall–Kier alpha value is -1.06. The van der Waals surface area contributed by atoms with Crippen LogP contribution in [0.3, 0.4) is 0 Å². The van der Waals surface area contributed by atoms with E-state index in [0.717, 1.165) is 11.9 Å². The van der Waals surface area contributed by atoms with E-state index in [4.69, 9.17) is 9.31 Å². The Morgan fingerprint density at radius 1 is 1.05 bits per heavy atom. The summed E-state index contributed by atoms with van der Waals surface area (Å²) in [6.45, 7) is 14.3. The standard InChI is InChI=1S/C16H23BO2/c1-12(2)11-13-7-9-14(10-8-13)17-18-15(3,4)16(5,6)19-17/h7-10H,1,11H2,2-6H3. The van der Waals surface area contributed by atoms with Crippen molar-refractivity contribution in [2.75, 3.05) is 0 Å². The number of allylic oxidation sites excluding steroid dienone is 1. The number of hydrogen-bond acceptors (Lipinski definition) is 2. The average Bonchev–Trinajstić information content (AvgIpc) is 2.48. The van der Waals surface area contributed by atoms with Crippen molar-refractivity contribution in [2.45, 2.75) is 52.2 Å². The summed E-state index contributed by atoms with van der Waals surface area (Å²) in [4.78, 5) is 0. The smallest absolute Gasteiger partial charge is 0.399 e. The van der Waals surface area contributed by atoms with Gasteiger partial charge in [0.1, 0.15) is 0 Å². The van der Waals surface area contributed by atoms with Gasteiger partial charge in [-0.1, -0.05) is 36.4 Å². The van der Waals surface area contributed by atoms with E-state index in [9.17, 15) is 0 Å². The topological polar surface area (TPSA) is 18.5 Å². The summed E-state index contributed by atoms with van der Waals surface area (Å²) in [5, 5.41) is 0. The predicted octanol–water partition coefficient (Wildman–Crippen LogP) is 3.10. The van der Waals surface area contributed by atoms with E-state index in [1.165, 1.54) is 11.1 Å². The highest BCUT2D eigenvalue weighted by atomic mass is 16.7. The van der Waals surface area contributed by atoms with Crippen molar-refractivity contribution in [3.63, 3.8) is 0 Å². The molecule has 0 N–H and O–H groups in total. The van der Waals surface area contributed by atoms with Gasteiger partial charge < -0.3 is 9.31 Å². The maximum absolute atomic E-state index is 6.03. The lowest BCUT2D eigenvalue weighted by Gasteiger charge is -2.32. The molecule has 0 saturated carbocycles. The first kappa shape index (κ1) is 14.4. The molecule has 0 aromatic heterocycles. The SMILES string of the molecule is C=C(C)Cc1ccc(B2OC(C)(C)C(C)(C)O2)cc1. The lowest BCUT2D eigenvalue weighted by atomic mass is 9.78. The summed E-state index contributed by atoms with van der Waals surface area (Å²) >= 11 is 0. The fraction of sp³-hybridized carbons (Fsp3) is 0.500. The molecule has 2 nitrogen and oxygen atoms in total. The number of benzene rings is 1. The Bertz CT molecular complexity index is 458. The molecule has 1 fully saturated rings. The zero-order valence-corrected chi connectivity index (χ0v) is 12.6. The van der Waals surface area contributed by atoms with Gasteiger partial charge in [-0.2, -0.15) is 0 Å². The Morgan fingerprint density at radius 2 is 1.53 bits per heavy atom. The molecule has 1 aromatic carbocycles. The van der Waals surface area contributed by atoms with Crippen LogP contribution < -0.4 is 5.46 Å². The van der Waals surface area contributed by atoms with E-state index in [1.54, 1.807) is 0 Å². The Labute approximate surface area is 117 Å². The Kier molecular flexibility index (Phi) is 3.63. The molecule has 1 aliphatic rings. The van der Waals surface area contributed by atoms with E-state index in [0.29, 0.717) is 0 Å². The van der Waals surface area contributed by atoms with Crippen LogP contribution in [0.2, 0.25) is 0 Å². The van der Waals surface area contributed by atoms with E-state index < -0.39 is 0 Å². The first-order chi connectivity index (χ1) is 8.71. The predicted molar refractivity (Wildman–Crippen MR) is 80.7 cm³/mol. The maximum atomic E-state index is 6.03. The third-order valence-electron chi connectivity index (χ3n) is 4.01. The number of rotatable bonds is 3. The zero-order chi connectivity index (χ0) is 14.3. The molecule has 1 aliphatic heterocycles. The van der Waals surface area contributed by atoms with Crippen LogP contribution >= 0.6 is 0 Å². The van der Waals surface area contributed by atoms with Crippen molar-refractivity contribution in [3.05, 3.63) is 42.0 Å². The molecule has 0 spiro atoms. The molecule has 19 heavy (non-hydrogen) atoms. The maximum Gasteiger partial charge on any atom is 0.494 e. The van der Waals surface area contributed by atoms with Gasteiger partial charge in [0.05, 0.1) is 11.2 Å². The van der Waals surface area contributed by atoms with Gasteiger partial charge in [-0.3, -0.25) is 0 Å². The van der Waals surface area contributed by atoms with Crippen LogP contribution in [-0.4, -0.2) is 18.3 Å². The molecule has 3 heteroatoms. The van der Waals surface area contributed by atoms with Crippen LogP contribution in [0, 0.1) is 0 Å².